The van der Waals surface area contributed by atoms with Crippen LogP contribution in [0, 0.1) is 19.3 Å². The van der Waals surface area contributed by atoms with E-state index >= 15 is 0 Å². The number of hydrogen-bond acceptors (Lipinski definition) is 3. The van der Waals surface area contributed by atoms with Crippen LogP contribution in [0.25, 0.3) is 0 Å². The fraction of sp³-hybridized carbons (Fsp3) is 0.538. The highest BCUT2D eigenvalue weighted by atomic mass is 16.5. The SMILES string of the molecule is Cc1cc(C)c(CNC(=O)C2(C)COC2)cn1. The fourth-order valence-electron chi connectivity index (χ4n) is 1.84. The molecule has 2 rings (SSSR count). The molecule has 1 amide bonds. The number of aromatic nitrogens is 1. The smallest absolute Gasteiger partial charge is 0.230 e. The molecule has 1 aromatic heterocycles. The first-order chi connectivity index (χ1) is 8.01. The first-order valence-electron chi connectivity index (χ1n) is 5.79. The number of aryl methyl sites for hydroxylation is 2. The van der Waals surface area contributed by atoms with E-state index in [2.05, 4.69) is 10.3 Å². The largest absolute Gasteiger partial charge is 0.379 e. The number of rotatable bonds is 3. The average molecular weight is 234 g/mol. The minimum absolute atomic E-state index is 0.0590. The monoisotopic (exact) mass is 234 g/mol. The summed E-state index contributed by atoms with van der Waals surface area (Å²) in [4.78, 5) is 16.1. The molecule has 0 aromatic carbocycles. The molecular weight excluding hydrogens is 216 g/mol. The Labute approximate surface area is 101 Å². The van der Waals surface area contributed by atoms with Gasteiger partial charge in [-0.3, -0.25) is 9.78 Å². The number of nitrogens with one attached hydrogen (secondary N) is 1. The first-order valence-corrected chi connectivity index (χ1v) is 5.79. The Hall–Kier alpha value is -1.42. The van der Waals surface area contributed by atoms with Crippen LogP contribution in [-0.2, 0) is 16.1 Å². The summed E-state index contributed by atoms with van der Waals surface area (Å²) in [5, 5.41) is 2.94. The van der Waals surface area contributed by atoms with Crippen LogP contribution in [0.1, 0.15) is 23.7 Å². The van der Waals surface area contributed by atoms with E-state index in [1.54, 1.807) is 0 Å². The standard InChI is InChI=1S/C13H18N2O2/c1-9-4-10(2)14-5-11(9)6-15-12(16)13(3)7-17-8-13/h4-5H,6-8H2,1-3H3,(H,15,16). The van der Waals surface area contributed by atoms with Gasteiger partial charge in [-0.05, 0) is 38.0 Å². The summed E-state index contributed by atoms with van der Waals surface area (Å²) in [6.45, 7) is 7.49. The third-order valence-electron chi connectivity index (χ3n) is 3.18. The zero-order chi connectivity index (χ0) is 12.5. The van der Waals surface area contributed by atoms with Crippen LogP contribution in [0.15, 0.2) is 12.3 Å². The van der Waals surface area contributed by atoms with E-state index in [1.165, 1.54) is 0 Å². The van der Waals surface area contributed by atoms with Gasteiger partial charge in [0.25, 0.3) is 0 Å². The van der Waals surface area contributed by atoms with E-state index < -0.39 is 0 Å². The zero-order valence-corrected chi connectivity index (χ0v) is 10.5. The van der Waals surface area contributed by atoms with Crippen LogP contribution in [-0.4, -0.2) is 24.1 Å². The molecule has 92 valence electrons. The van der Waals surface area contributed by atoms with Crippen molar-refractivity contribution in [2.45, 2.75) is 27.3 Å². The van der Waals surface area contributed by atoms with Crippen molar-refractivity contribution >= 4 is 5.91 Å². The van der Waals surface area contributed by atoms with Crippen LogP contribution < -0.4 is 5.32 Å². The van der Waals surface area contributed by atoms with Gasteiger partial charge in [0.15, 0.2) is 0 Å². The van der Waals surface area contributed by atoms with Gasteiger partial charge in [-0.25, -0.2) is 0 Å². The van der Waals surface area contributed by atoms with Crippen molar-refractivity contribution < 1.29 is 9.53 Å². The van der Waals surface area contributed by atoms with Gasteiger partial charge in [0.2, 0.25) is 5.91 Å². The van der Waals surface area contributed by atoms with Gasteiger partial charge in [0.1, 0.15) is 0 Å². The lowest BCUT2D eigenvalue weighted by atomic mass is 9.87. The summed E-state index contributed by atoms with van der Waals surface area (Å²) >= 11 is 0. The Morgan fingerprint density at radius 1 is 1.53 bits per heavy atom. The molecule has 0 spiro atoms. The molecule has 1 saturated heterocycles. The lowest BCUT2D eigenvalue weighted by Crippen LogP contribution is -2.51. The minimum atomic E-state index is -0.341. The van der Waals surface area contributed by atoms with Gasteiger partial charge >= 0.3 is 0 Å². The van der Waals surface area contributed by atoms with Gasteiger partial charge in [-0.1, -0.05) is 0 Å². The van der Waals surface area contributed by atoms with Crippen molar-refractivity contribution in [2.24, 2.45) is 5.41 Å². The van der Waals surface area contributed by atoms with Crippen molar-refractivity contribution in [1.82, 2.24) is 10.3 Å². The quantitative estimate of drug-likeness (QED) is 0.859. The maximum absolute atomic E-state index is 11.9. The molecule has 2 heterocycles. The summed E-state index contributed by atoms with van der Waals surface area (Å²) < 4.78 is 5.08. The highest BCUT2D eigenvalue weighted by Crippen LogP contribution is 2.26. The predicted molar refractivity (Wildman–Crippen MR) is 64.5 cm³/mol. The minimum Gasteiger partial charge on any atom is -0.379 e. The van der Waals surface area contributed by atoms with Crippen molar-refractivity contribution in [2.75, 3.05) is 13.2 Å². The lowest BCUT2D eigenvalue weighted by molar-refractivity contribution is -0.157. The number of carbonyl (C=O) groups excluding carboxylic acids is 1. The van der Waals surface area contributed by atoms with Crippen molar-refractivity contribution in [3.05, 3.63) is 29.1 Å². The van der Waals surface area contributed by atoms with Crippen LogP contribution in [0.2, 0.25) is 0 Å². The molecule has 1 N–H and O–H groups in total. The van der Waals surface area contributed by atoms with Gasteiger partial charge in [-0.15, -0.1) is 0 Å². The molecule has 0 radical (unpaired) electrons. The van der Waals surface area contributed by atoms with E-state index in [0.29, 0.717) is 19.8 Å². The van der Waals surface area contributed by atoms with Gasteiger partial charge in [0, 0.05) is 18.4 Å². The van der Waals surface area contributed by atoms with E-state index in [0.717, 1.165) is 16.8 Å². The number of ether oxygens (including phenoxy) is 1. The molecule has 0 atom stereocenters. The molecule has 0 saturated carbocycles. The fourth-order valence-corrected chi connectivity index (χ4v) is 1.84. The normalized spacial score (nSPS) is 17.4. The first kappa shape index (κ1) is 12.0. The summed E-state index contributed by atoms with van der Waals surface area (Å²) in [7, 11) is 0. The number of carbonyl (C=O) groups is 1. The van der Waals surface area contributed by atoms with Crippen molar-refractivity contribution in [3.8, 4) is 0 Å². The second-order valence-corrected chi connectivity index (χ2v) is 4.99. The lowest BCUT2D eigenvalue weighted by Gasteiger charge is -2.36. The number of pyridine rings is 1. The Bertz CT molecular complexity index is 439. The second kappa shape index (κ2) is 4.45. The Morgan fingerprint density at radius 3 is 2.76 bits per heavy atom. The van der Waals surface area contributed by atoms with E-state index in [1.807, 2.05) is 33.0 Å². The molecule has 0 bridgehead atoms. The van der Waals surface area contributed by atoms with E-state index in [4.69, 9.17) is 4.74 Å². The van der Waals surface area contributed by atoms with Crippen LogP contribution in [0.3, 0.4) is 0 Å². The van der Waals surface area contributed by atoms with E-state index in [9.17, 15) is 4.79 Å². The topological polar surface area (TPSA) is 51.2 Å². The molecule has 1 aliphatic rings. The molecule has 1 aromatic rings. The maximum atomic E-state index is 11.9. The highest BCUT2D eigenvalue weighted by Gasteiger charge is 2.40. The number of amides is 1. The molecule has 0 unspecified atom stereocenters. The zero-order valence-electron chi connectivity index (χ0n) is 10.5. The van der Waals surface area contributed by atoms with Crippen LogP contribution in [0.4, 0.5) is 0 Å². The van der Waals surface area contributed by atoms with Crippen molar-refractivity contribution in [1.29, 1.82) is 0 Å². The summed E-state index contributed by atoms with van der Waals surface area (Å²) in [5.41, 5.74) is 2.88. The van der Waals surface area contributed by atoms with Crippen molar-refractivity contribution in [3.63, 3.8) is 0 Å². The van der Waals surface area contributed by atoms with Gasteiger partial charge in [-0.2, -0.15) is 0 Å². The maximum Gasteiger partial charge on any atom is 0.230 e. The van der Waals surface area contributed by atoms with Gasteiger partial charge < -0.3 is 10.1 Å². The average Bonchev–Trinajstić information content (AvgIpc) is 2.24. The summed E-state index contributed by atoms with van der Waals surface area (Å²) in [6.07, 6.45) is 1.82. The number of nitrogens with zero attached hydrogens (tertiary/aromatic N) is 1. The predicted octanol–water partition coefficient (Wildman–Crippen LogP) is 1.35. The molecule has 4 heteroatoms. The van der Waals surface area contributed by atoms with Crippen LogP contribution in [0.5, 0.6) is 0 Å². The molecule has 0 aliphatic carbocycles. The Morgan fingerprint density at radius 2 is 2.24 bits per heavy atom. The summed E-state index contributed by atoms with van der Waals surface area (Å²) in [5.74, 6) is 0.0590. The molecular formula is C13H18N2O2. The molecule has 1 aliphatic heterocycles. The second-order valence-electron chi connectivity index (χ2n) is 4.99. The number of hydrogen-bond donors (Lipinski definition) is 1. The highest BCUT2D eigenvalue weighted by molar-refractivity contribution is 5.83. The van der Waals surface area contributed by atoms with Crippen LogP contribution >= 0.6 is 0 Å². The molecule has 4 nitrogen and oxygen atoms in total. The van der Waals surface area contributed by atoms with E-state index in [-0.39, 0.29) is 11.3 Å². The molecule has 1 fully saturated rings. The molecule has 17 heavy (non-hydrogen) atoms. The summed E-state index contributed by atoms with van der Waals surface area (Å²) in [6, 6.07) is 2.02. The third-order valence-corrected chi connectivity index (χ3v) is 3.18. The van der Waals surface area contributed by atoms with Gasteiger partial charge in [0.05, 0.1) is 18.6 Å². The Balaban J connectivity index is 1.95. The third kappa shape index (κ3) is 2.47. The Kier molecular flexibility index (Phi) is 3.15.